The summed E-state index contributed by atoms with van der Waals surface area (Å²) in [5, 5.41) is 8.15. The van der Waals surface area contributed by atoms with Gasteiger partial charge in [0, 0.05) is 25.1 Å². The number of hydrogen-bond donors (Lipinski definition) is 3. The van der Waals surface area contributed by atoms with Gasteiger partial charge in [-0.3, -0.25) is 15.4 Å². The van der Waals surface area contributed by atoms with Crippen molar-refractivity contribution in [3.63, 3.8) is 0 Å². The average Bonchev–Trinajstić information content (AvgIpc) is 2.66. The molecule has 0 aliphatic carbocycles. The summed E-state index contributed by atoms with van der Waals surface area (Å²) in [5.41, 5.74) is 1.82. The number of carbonyl (C=O) groups excluding carboxylic acids is 2. The standard InChI is InChI=1S/C19H21N3O3/c1-20-19(24)22-18(23)17(13-7-3-2-4-8-13)21-15-11-12-25-16-10-6-5-9-14(15)16/h2-10,15,17,21H,11-12H2,1H3,(H2,20,22,23,24)/t15-,17-/m1/s1. The Morgan fingerprint density at radius 2 is 1.80 bits per heavy atom. The van der Waals surface area contributed by atoms with E-state index in [0.29, 0.717) is 6.61 Å². The molecule has 3 N–H and O–H groups in total. The summed E-state index contributed by atoms with van der Waals surface area (Å²) in [4.78, 5) is 24.2. The molecule has 0 unspecified atom stereocenters. The number of fused-ring (bicyclic) bond motifs is 1. The number of urea groups is 1. The summed E-state index contributed by atoms with van der Waals surface area (Å²) in [6.07, 6.45) is 0.744. The first-order chi connectivity index (χ1) is 12.2. The first-order valence-electron chi connectivity index (χ1n) is 8.24. The van der Waals surface area contributed by atoms with Crippen LogP contribution in [0.25, 0.3) is 0 Å². The lowest BCUT2D eigenvalue weighted by atomic mass is 9.97. The Morgan fingerprint density at radius 1 is 1.08 bits per heavy atom. The van der Waals surface area contributed by atoms with Gasteiger partial charge in [-0.05, 0) is 11.6 Å². The Labute approximate surface area is 146 Å². The second-order valence-electron chi connectivity index (χ2n) is 5.81. The molecule has 6 nitrogen and oxygen atoms in total. The van der Waals surface area contributed by atoms with E-state index in [1.54, 1.807) is 0 Å². The van der Waals surface area contributed by atoms with Crippen LogP contribution in [0.5, 0.6) is 5.75 Å². The van der Waals surface area contributed by atoms with Crippen LogP contribution >= 0.6 is 0 Å². The fourth-order valence-corrected chi connectivity index (χ4v) is 2.93. The van der Waals surface area contributed by atoms with Crippen LogP contribution in [0.15, 0.2) is 54.6 Å². The Hall–Kier alpha value is -2.86. The molecule has 1 aliphatic rings. The van der Waals surface area contributed by atoms with E-state index in [4.69, 9.17) is 4.74 Å². The van der Waals surface area contributed by atoms with E-state index in [-0.39, 0.29) is 6.04 Å². The van der Waals surface area contributed by atoms with Crippen LogP contribution in [0, 0.1) is 0 Å². The predicted molar refractivity (Wildman–Crippen MR) is 94.2 cm³/mol. The zero-order valence-corrected chi connectivity index (χ0v) is 14.0. The molecule has 130 valence electrons. The third-order valence-corrected chi connectivity index (χ3v) is 4.19. The lowest BCUT2D eigenvalue weighted by Crippen LogP contribution is -2.45. The van der Waals surface area contributed by atoms with Gasteiger partial charge in [-0.25, -0.2) is 4.79 Å². The third kappa shape index (κ3) is 3.97. The van der Waals surface area contributed by atoms with Crippen LogP contribution in [-0.4, -0.2) is 25.6 Å². The van der Waals surface area contributed by atoms with Crippen LogP contribution in [0.1, 0.15) is 29.6 Å². The molecule has 0 radical (unpaired) electrons. The highest BCUT2D eigenvalue weighted by molar-refractivity contribution is 5.97. The Balaban J connectivity index is 1.86. The van der Waals surface area contributed by atoms with E-state index < -0.39 is 18.0 Å². The number of rotatable bonds is 4. The molecule has 25 heavy (non-hydrogen) atoms. The van der Waals surface area contributed by atoms with Gasteiger partial charge in [-0.15, -0.1) is 0 Å². The van der Waals surface area contributed by atoms with Crippen LogP contribution < -0.4 is 20.7 Å². The molecule has 0 spiro atoms. The number of benzene rings is 2. The summed E-state index contributed by atoms with van der Waals surface area (Å²) in [6.45, 7) is 0.577. The summed E-state index contributed by atoms with van der Waals surface area (Å²) >= 11 is 0. The Kier molecular flexibility index (Phi) is 5.30. The van der Waals surface area contributed by atoms with Crippen molar-refractivity contribution in [2.75, 3.05) is 13.7 Å². The molecule has 2 aromatic carbocycles. The highest BCUT2D eigenvalue weighted by atomic mass is 16.5. The van der Waals surface area contributed by atoms with E-state index >= 15 is 0 Å². The first-order valence-corrected chi connectivity index (χ1v) is 8.24. The number of ether oxygens (including phenoxy) is 1. The van der Waals surface area contributed by atoms with Crippen molar-refractivity contribution in [1.82, 2.24) is 16.0 Å². The van der Waals surface area contributed by atoms with Gasteiger partial charge in [0.25, 0.3) is 0 Å². The van der Waals surface area contributed by atoms with E-state index in [1.807, 2.05) is 54.6 Å². The highest BCUT2D eigenvalue weighted by Crippen LogP contribution is 2.33. The minimum atomic E-state index is -0.644. The quantitative estimate of drug-likeness (QED) is 0.798. The number of amides is 3. The van der Waals surface area contributed by atoms with Gasteiger partial charge < -0.3 is 10.1 Å². The third-order valence-electron chi connectivity index (χ3n) is 4.19. The molecule has 0 bridgehead atoms. The molecule has 0 aromatic heterocycles. The molecule has 2 atom stereocenters. The monoisotopic (exact) mass is 339 g/mol. The summed E-state index contributed by atoms with van der Waals surface area (Å²) in [6, 6.07) is 15.9. The second-order valence-corrected chi connectivity index (χ2v) is 5.81. The maximum Gasteiger partial charge on any atom is 0.321 e. The van der Waals surface area contributed by atoms with Crippen LogP contribution in [0.3, 0.4) is 0 Å². The van der Waals surface area contributed by atoms with Crippen LogP contribution in [-0.2, 0) is 4.79 Å². The van der Waals surface area contributed by atoms with Crippen molar-refractivity contribution in [1.29, 1.82) is 0 Å². The van der Waals surface area contributed by atoms with E-state index in [2.05, 4.69) is 16.0 Å². The molecule has 3 rings (SSSR count). The van der Waals surface area contributed by atoms with Crippen molar-refractivity contribution >= 4 is 11.9 Å². The number of para-hydroxylation sites is 1. The van der Waals surface area contributed by atoms with Crippen molar-refractivity contribution < 1.29 is 14.3 Å². The lowest BCUT2D eigenvalue weighted by molar-refractivity contribution is -0.122. The maximum absolute atomic E-state index is 12.6. The molecule has 3 amide bonds. The molecule has 1 heterocycles. The Morgan fingerprint density at radius 3 is 2.56 bits per heavy atom. The zero-order chi connectivity index (χ0) is 17.6. The van der Waals surface area contributed by atoms with Crippen molar-refractivity contribution in [3.8, 4) is 5.75 Å². The number of hydrogen-bond acceptors (Lipinski definition) is 4. The predicted octanol–water partition coefficient (Wildman–Crippen LogP) is 2.30. The Bertz CT molecular complexity index is 749. The maximum atomic E-state index is 12.6. The largest absolute Gasteiger partial charge is 0.493 e. The number of carbonyl (C=O) groups is 2. The minimum absolute atomic E-state index is 0.0365. The SMILES string of the molecule is CNC(=O)NC(=O)[C@H](N[C@@H]1CCOc2ccccc21)c1ccccc1. The van der Waals surface area contributed by atoms with Gasteiger partial charge in [0.2, 0.25) is 5.91 Å². The van der Waals surface area contributed by atoms with Crippen molar-refractivity contribution in [2.24, 2.45) is 0 Å². The topological polar surface area (TPSA) is 79.5 Å². The van der Waals surface area contributed by atoms with Gasteiger partial charge in [-0.2, -0.15) is 0 Å². The fraction of sp³-hybridized carbons (Fsp3) is 0.263. The number of imide groups is 1. The van der Waals surface area contributed by atoms with Crippen LogP contribution in [0.2, 0.25) is 0 Å². The van der Waals surface area contributed by atoms with E-state index in [1.165, 1.54) is 7.05 Å². The molecular formula is C19H21N3O3. The lowest BCUT2D eigenvalue weighted by Gasteiger charge is -2.30. The normalized spacial score (nSPS) is 16.9. The highest BCUT2D eigenvalue weighted by Gasteiger charge is 2.28. The van der Waals surface area contributed by atoms with Gasteiger partial charge in [-0.1, -0.05) is 48.5 Å². The van der Waals surface area contributed by atoms with Gasteiger partial charge >= 0.3 is 6.03 Å². The van der Waals surface area contributed by atoms with Gasteiger partial charge in [0.1, 0.15) is 11.8 Å². The van der Waals surface area contributed by atoms with Crippen molar-refractivity contribution in [3.05, 3.63) is 65.7 Å². The molecule has 0 saturated heterocycles. The average molecular weight is 339 g/mol. The summed E-state index contributed by atoms with van der Waals surface area (Å²) in [7, 11) is 1.47. The van der Waals surface area contributed by atoms with Gasteiger partial charge in [0.05, 0.1) is 6.61 Å². The fourth-order valence-electron chi connectivity index (χ4n) is 2.93. The molecular weight excluding hydrogens is 318 g/mol. The molecule has 0 fully saturated rings. The second kappa shape index (κ2) is 7.81. The zero-order valence-electron chi connectivity index (χ0n) is 14.0. The molecule has 0 saturated carbocycles. The smallest absolute Gasteiger partial charge is 0.321 e. The van der Waals surface area contributed by atoms with E-state index in [9.17, 15) is 9.59 Å². The minimum Gasteiger partial charge on any atom is -0.493 e. The van der Waals surface area contributed by atoms with Gasteiger partial charge in [0.15, 0.2) is 0 Å². The summed E-state index contributed by atoms with van der Waals surface area (Å²) in [5.74, 6) is 0.430. The summed E-state index contributed by atoms with van der Waals surface area (Å²) < 4.78 is 5.68. The molecule has 1 aliphatic heterocycles. The molecule has 2 aromatic rings. The van der Waals surface area contributed by atoms with E-state index in [0.717, 1.165) is 23.3 Å². The molecule has 6 heteroatoms. The first kappa shape index (κ1) is 17.0. The van der Waals surface area contributed by atoms with Crippen LogP contribution in [0.4, 0.5) is 4.79 Å². The number of nitrogens with one attached hydrogen (secondary N) is 3. The van der Waals surface area contributed by atoms with Crippen molar-refractivity contribution in [2.45, 2.75) is 18.5 Å².